The zero-order chi connectivity index (χ0) is 12.2. The number of nitrogens with one attached hydrogen (secondary N) is 1. The van der Waals surface area contributed by atoms with E-state index < -0.39 is 5.60 Å². The molecule has 0 atom stereocenters. The van der Waals surface area contributed by atoms with E-state index in [2.05, 4.69) is 37.2 Å². The number of anilines is 1. The summed E-state index contributed by atoms with van der Waals surface area (Å²) in [7, 11) is 0. The summed E-state index contributed by atoms with van der Waals surface area (Å²) < 4.78 is 1.99. The van der Waals surface area contributed by atoms with Gasteiger partial charge in [0.25, 0.3) is 0 Å². The van der Waals surface area contributed by atoms with Gasteiger partial charge in [-0.3, -0.25) is 0 Å². The maximum absolute atomic E-state index is 10.2. The molecule has 1 aromatic carbocycles. The first-order chi connectivity index (χ1) is 7.52. The maximum atomic E-state index is 10.2. The Hall–Kier alpha value is -0.0600. The molecule has 2 nitrogen and oxygen atoms in total. The molecule has 0 heterocycles. The monoisotopic (exact) mass is 349 g/mol. The van der Waals surface area contributed by atoms with Crippen LogP contribution in [0.3, 0.4) is 0 Å². The Morgan fingerprint density at radius 1 is 1.19 bits per heavy atom. The maximum Gasteiger partial charge on any atom is 0.0814 e. The molecule has 0 spiro atoms. The van der Waals surface area contributed by atoms with Crippen molar-refractivity contribution in [2.75, 3.05) is 11.9 Å². The molecule has 0 unspecified atom stereocenters. The number of para-hydroxylation sites is 1. The van der Waals surface area contributed by atoms with Crippen molar-refractivity contribution >= 4 is 37.5 Å². The molecule has 90 valence electrons. The van der Waals surface area contributed by atoms with Gasteiger partial charge in [-0.05, 0) is 56.8 Å². The Labute approximate surface area is 114 Å². The van der Waals surface area contributed by atoms with Crippen LogP contribution in [0.25, 0.3) is 0 Å². The quantitative estimate of drug-likeness (QED) is 0.835. The lowest BCUT2D eigenvalue weighted by Crippen LogP contribution is -2.35. The van der Waals surface area contributed by atoms with E-state index in [1.807, 2.05) is 32.0 Å². The number of rotatable bonds is 5. The average molecular weight is 351 g/mol. The summed E-state index contributed by atoms with van der Waals surface area (Å²) in [4.78, 5) is 0. The van der Waals surface area contributed by atoms with E-state index in [0.29, 0.717) is 6.54 Å². The van der Waals surface area contributed by atoms with Crippen LogP contribution >= 0.6 is 31.9 Å². The van der Waals surface area contributed by atoms with Crippen LogP contribution in [0.5, 0.6) is 0 Å². The summed E-state index contributed by atoms with van der Waals surface area (Å²) in [6.07, 6.45) is 1.50. The van der Waals surface area contributed by atoms with Gasteiger partial charge in [-0.1, -0.05) is 19.9 Å². The van der Waals surface area contributed by atoms with E-state index in [1.165, 1.54) is 0 Å². The molecule has 1 rings (SSSR count). The van der Waals surface area contributed by atoms with Crippen LogP contribution in [0, 0.1) is 0 Å². The number of benzene rings is 1. The summed E-state index contributed by atoms with van der Waals surface area (Å²) in [5.41, 5.74) is 0.358. The van der Waals surface area contributed by atoms with Crippen molar-refractivity contribution in [2.24, 2.45) is 0 Å². The molecule has 0 saturated carbocycles. The highest BCUT2D eigenvalue weighted by Gasteiger charge is 2.22. The fraction of sp³-hybridized carbons (Fsp3) is 0.500. The summed E-state index contributed by atoms with van der Waals surface area (Å²) in [6.45, 7) is 4.56. The van der Waals surface area contributed by atoms with E-state index in [4.69, 9.17) is 0 Å². The molecule has 0 fully saturated rings. The van der Waals surface area contributed by atoms with Crippen LogP contribution in [0.4, 0.5) is 5.69 Å². The topological polar surface area (TPSA) is 32.3 Å². The third-order valence-electron chi connectivity index (χ3n) is 2.87. The smallest absolute Gasteiger partial charge is 0.0814 e. The summed E-state index contributed by atoms with van der Waals surface area (Å²) in [6, 6.07) is 5.92. The molecule has 0 aliphatic rings. The highest BCUT2D eigenvalue weighted by Crippen LogP contribution is 2.31. The Morgan fingerprint density at radius 3 is 2.12 bits per heavy atom. The lowest BCUT2D eigenvalue weighted by molar-refractivity contribution is 0.0457. The van der Waals surface area contributed by atoms with Crippen LogP contribution < -0.4 is 5.32 Å². The van der Waals surface area contributed by atoms with E-state index in [0.717, 1.165) is 27.5 Å². The van der Waals surface area contributed by atoms with Crippen LogP contribution in [-0.2, 0) is 0 Å². The van der Waals surface area contributed by atoms with Gasteiger partial charge in [-0.2, -0.15) is 0 Å². The zero-order valence-electron chi connectivity index (χ0n) is 9.56. The first-order valence-electron chi connectivity index (χ1n) is 5.42. The minimum atomic E-state index is -0.630. The lowest BCUT2D eigenvalue weighted by Gasteiger charge is -2.26. The molecule has 16 heavy (non-hydrogen) atoms. The molecule has 0 saturated heterocycles. The average Bonchev–Trinajstić information content (AvgIpc) is 2.28. The Morgan fingerprint density at radius 2 is 1.69 bits per heavy atom. The molecule has 1 aromatic rings. The predicted molar refractivity (Wildman–Crippen MR) is 75.9 cm³/mol. The molecule has 4 heteroatoms. The van der Waals surface area contributed by atoms with Crippen molar-refractivity contribution in [3.05, 3.63) is 27.1 Å². The minimum Gasteiger partial charge on any atom is -0.388 e. The van der Waals surface area contributed by atoms with E-state index >= 15 is 0 Å². The second-order valence-corrected chi connectivity index (χ2v) is 5.59. The molecule has 0 bridgehead atoms. The third-order valence-corrected chi connectivity index (χ3v) is 4.19. The van der Waals surface area contributed by atoms with Gasteiger partial charge in [-0.25, -0.2) is 0 Å². The summed E-state index contributed by atoms with van der Waals surface area (Å²) in [5.74, 6) is 0. The van der Waals surface area contributed by atoms with Gasteiger partial charge in [0.05, 0.1) is 11.3 Å². The van der Waals surface area contributed by atoms with Gasteiger partial charge in [0.15, 0.2) is 0 Å². The summed E-state index contributed by atoms with van der Waals surface area (Å²) >= 11 is 6.97. The fourth-order valence-corrected chi connectivity index (χ4v) is 2.70. The molecule has 0 aliphatic heterocycles. The van der Waals surface area contributed by atoms with Gasteiger partial charge in [0.1, 0.15) is 0 Å². The molecule has 0 aromatic heterocycles. The fourth-order valence-electron chi connectivity index (χ4n) is 1.42. The highest BCUT2D eigenvalue weighted by molar-refractivity contribution is 9.11. The molecular weight excluding hydrogens is 334 g/mol. The highest BCUT2D eigenvalue weighted by atomic mass is 79.9. The SMILES string of the molecule is CCC(O)(CC)CNc1c(Br)cccc1Br. The van der Waals surface area contributed by atoms with Gasteiger partial charge >= 0.3 is 0 Å². The second kappa shape index (κ2) is 6.03. The van der Waals surface area contributed by atoms with E-state index in [9.17, 15) is 5.11 Å². The molecule has 0 radical (unpaired) electrons. The number of halogens is 2. The van der Waals surface area contributed by atoms with Crippen molar-refractivity contribution in [3.63, 3.8) is 0 Å². The van der Waals surface area contributed by atoms with E-state index in [1.54, 1.807) is 0 Å². The second-order valence-electron chi connectivity index (χ2n) is 3.88. The first kappa shape index (κ1) is 14.0. The molecule has 0 amide bonds. The number of hydrogen-bond acceptors (Lipinski definition) is 2. The lowest BCUT2D eigenvalue weighted by atomic mass is 9.97. The van der Waals surface area contributed by atoms with Crippen molar-refractivity contribution in [1.82, 2.24) is 0 Å². The van der Waals surface area contributed by atoms with Crippen LogP contribution in [-0.4, -0.2) is 17.3 Å². The van der Waals surface area contributed by atoms with Gasteiger partial charge in [0, 0.05) is 15.5 Å². The Kier molecular flexibility index (Phi) is 5.28. The van der Waals surface area contributed by atoms with E-state index in [-0.39, 0.29) is 0 Å². The van der Waals surface area contributed by atoms with Crippen LogP contribution in [0.15, 0.2) is 27.1 Å². The Balaban J connectivity index is 2.75. The molecule has 0 aliphatic carbocycles. The Bertz CT molecular complexity index is 331. The molecular formula is C12H17Br2NO. The minimum absolute atomic E-state index is 0.557. The normalized spacial score (nSPS) is 11.6. The number of hydrogen-bond donors (Lipinski definition) is 2. The largest absolute Gasteiger partial charge is 0.388 e. The summed E-state index contributed by atoms with van der Waals surface area (Å²) in [5, 5.41) is 13.5. The van der Waals surface area contributed by atoms with Crippen molar-refractivity contribution < 1.29 is 5.11 Å². The standard InChI is InChI=1S/C12H17Br2NO/c1-3-12(16,4-2)8-15-11-9(13)6-5-7-10(11)14/h5-7,15-16H,3-4,8H2,1-2H3. The predicted octanol–water partition coefficient (Wildman–Crippen LogP) is 4.17. The zero-order valence-corrected chi connectivity index (χ0v) is 12.7. The molecule has 2 N–H and O–H groups in total. The van der Waals surface area contributed by atoms with Crippen molar-refractivity contribution in [3.8, 4) is 0 Å². The number of aliphatic hydroxyl groups is 1. The van der Waals surface area contributed by atoms with Gasteiger partial charge in [0.2, 0.25) is 0 Å². The van der Waals surface area contributed by atoms with Gasteiger partial charge < -0.3 is 10.4 Å². The first-order valence-corrected chi connectivity index (χ1v) is 7.01. The van der Waals surface area contributed by atoms with Crippen molar-refractivity contribution in [1.29, 1.82) is 0 Å². The van der Waals surface area contributed by atoms with Crippen molar-refractivity contribution in [2.45, 2.75) is 32.3 Å². The van der Waals surface area contributed by atoms with Gasteiger partial charge in [-0.15, -0.1) is 0 Å². The van der Waals surface area contributed by atoms with Crippen LogP contribution in [0.1, 0.15) is 26.7 Å². The third kappa shape index (κ3) is 3.47. The van der Waals surface area contributed by atoms with Crippen LogP contribution in [0.2, 0.25) is 0 Å².